The van der Waals surface area contributed by atoms with Crippen molar-refractivity contribution in [1.29, 1.82) is 0 Å². The Kier molecular flexibility index (Phi) is 2.62. The van der Waals surface area contributed by atoms with E-state index in [1.807, 2.05) is 6.92 Å². The summed E-state index contributed by atoms with van der Waals surface area (Å²) in [6.07, 6.45) is 3.41. The quantitative estimate of drug-likeness (QED) is 0.633. The zero-order valence-corrected chi connectivity index (χ0v) is 9.08. The van der Waals surface area contributed by atoms with Crippen molar-refractivity contribution in [3.8, 4) is 0 Å². The highest BCUT2D eigenvalue weighted by atomic mass is 16.5. The molecule has 3 nitrogen and oxygen atoms in total. The van der Waals surface area contributed by atoms with Crippen molar-refractivity contribution in [2.75, 3.05) is 20.1 Å². The monoisotopic (exact) mass is 197 g/mol. The first-order valence-corrected chi connectivity index (χ1v) is 5.54. The summed E-state index contributed by atoms with van der Waals surface area (Å²) >= 11 is 0. The first-order valence-electron chi connectivity index (χ1n) is 5.54. The van der Waals surface area contributed by atoms with E-state index in [2.05, 4.69) is 11.9 Å². The predicted molar refractivity (Wildman–Crippen MR) is 54.3 cm³/mol. The van der Waals surface area contributed by atoms with Crippen LogP contribution in [0.1, 0.15) is 32.6 Å². The maximum absolute atomic E-state index is 11.6. The Balaban J connectivity index is 2.02. The van der Waals surface area contributed by atoms with Gasteiger partial charge in [0.05, 0.1) is 5.60 Å². The number of carbonyl (C=O) groups is 1. The Hall–Kier alpha value is -0.410. The van der Waals surface area contributed by atoms with Gasteiger partial charge >= 0.3 is 0 Å². The number of hydrogen-bond acceptors (Lipinski definition) is 3. The fourth-order valence-corrected chi connectivity index (χ4v) is 2.47. The first kappa shape index (κ1) is 10.1. The van der Waals surface area contributed by atoms with E-state index >= 15 is 0 Å². The van der Waals surface area contributed by atoms with Crippen LogP contribution in [-0.2, 0) is 9.53 Å². The van der Waals surface area contributed by atoms with Gasteiger partial charge in [0.1, 0.15) is 6.10 Å². The van der Waals surface area contributed by atoms with Crippen molar-refractivity contribution in [2.24, 2.45) is 0 Å². The molecule has 3 heteroatoms. The Morgan fingerprint density at radius 3 is 2.64 bits per heavy atom. The van der Waals surface area contributed by atoms with E-state index < -0.39 is 0 Å². The third-order valence-electron chi connectivity index (χ3n) is 3.52. The summed E-state index contributed by atoms with van der Waals surface area (Å²) in [5.41, 5.74) is -0.0930. The van der Waals surface area contributed by atoms with Crippen LogP contribution in [0.2, 0.25) is 0 Å². The highest BCUT2D eigenvalue weighted by Crippen LogP contribution is 2.37. The van der Waals surface area contributed by atoms with Gasteiger partial charge < -0.3 is 9.64 Å². The van der Waals surface area contributed by atoms with E-state index in [4.69, 9.17) is 4.74 Å². The van der Waals surface area contributed by atoms with Gasteiger partial charge in [-0.15, -0.1) is 0 Å². The number of rotatable bonds is 1. The number of piperidine rings is 1. The van der Waals surface area contributed by atoms with Crippen LogP contribution in [0.3, 0.4) is 0 Å². The van der Waals surface area contributed by atoms with Crippen LogP contribution < -0.4 is 0 Å². The van der Waals surface area contributed by atoms with Crippen molar-refractivity contribution >= 4 is 5.78 Å². The predicted octanol–water partition coefficient (Wildman–Crippen LogP) is 1.22. The zero-order valence-electron chi connectivity index (χ0n) is 9.08. The standard InChI is InChI=1S/C11H19NO2/c1-3-10-9(13)8-11(14-10)4-6-12(2)7-5-11/h10H,3-8H2,1-2H3/t10-/m1/s1. The lowest BCUT2D eigenvalue weighted by Gasteiger charge is -2.36. The van der Waals surface area contributed by atoms with Crippen molar-refractivity contribution < 1.29 is 9.53 Å². The van der Waals surface area contributed by atoms with E-state index in [1.165, 1.54) is 0 Å². The van der Waals surface area contributed by atoms with Crippen molar-refractivity contribution in [3.05, 3.63) is 0 Å². The highest BCUT2D eigenvalue weighted by Gasteiger charge is 2.45. The molecule has 0 amide bonds. The largest absolute Gasteiger partial charge is 0.363 e. The van der Waals surface area contributed by atoms with Crippen molar-refractivity contribution in [3.63, 3.8) is 0 Å². The highest BCUT2D eigenvalue weighted by molar-refractivity contribution is 5.86. The summed E-state index contributed by atoms with van der Waals surface area (Å²) in [6, 6.07) is 0. The number of ketones is 1. The minimum atomic E-state index is -0.113. The molecule has 0 unspecified atom stereocenters. The van der Waals surface area contributed by atoms with Gasteiger partial charge in [0, 0.05) is 19.5 Å². The zero-order chi connectivity index (χ0) is 10.2. The maximum Gasteiger partial charge on any atom is 0.164 e. The Morgan fingerprint density at radius 1 is 1.50 bits per heavy atom. The fraction of sp³-hybridized carbons (Fsp3) is 0.909. The van der Waals surface area contributed by atoms with Crippen LogP contribution in [0.15, 0.2) is 0 Å². The smallest absolute Gasteiger partial charge is 0.164 e. The van der Waals surface area contributed by atoms with Gasteiger partial charge in [-0.3, -0.25) is 4.79 Å². The number of Topliss-reactive ketones (excluding diaryl/α,β-unsaturated/α-hetero) is 1. The second-order valence-electron chi connectivity index (χ2n) is 4.64. The summed E-state index contributed by atoms with van der Waals surface area (Å²) in [4.78, 5) is 13.9. The maximum atomic E-state index is 11.6. The summed E-state index contributed by atoms with van der Waals surface area (Å²) in [7, 11) is 2.13. The minimum Gasteiger partial charge on any atom is -0.363 e. The molecule has 0 aromatic heterocycles. The number of likely N-dealkylation sites (tertiary alicyclic amines) is 1. The molecule has 0 radical (unpaired) electrons. The lowest BCUT2D eigenvalue weighted by atomic mass is 9.88. The Labute approximate surface area is 85.4 Å². The number of nitrogens with zero attached hydrogens (tertiary/aromatic N) is 1. The lowest BCUT2D eigenvalue weighted by molar-refractivity contribution is -0.124. The molecule has 2 heterocycles. The van der Waals surface area contributed by atoms with Crippen molar-refractivity contribution in [1.82, 2.24) is 4.90 Å². The number of ether oxygens (including phenoxy) is 1. The molecule has 0 N–H and O–H groups in total. The van der Waals surface area contributed by atoms with Gasteiger partial charge in [-0.2, -0.15) is 0 Å². The van der Waals surface area contributed by atoms with Gasteiger partial charge in [0.15, 0.2) is 5.78 Å². The van der Waals surface area contributed by atoms with Gasteiger partial charge in [-0.25, -0.2) is 0 Å². The average molecular weight is 197 g/mol. The molecule has 2 rings (SSSR count). The molecule has 80 valence electrons. The van der Waals surface area contributed by atoms with Gasteiger partial charge in [0.25, 0.3) is 0 Å². The van der Waals surface area contributed by atoms with Gasteiger partial charge in [-0.1, -0.05) is 6.92 Å². The van der Waals surface area contributed by atoms with Crippen LogP contribution in [0.5, 0.6) is 0 Å². The van der Waals surface area contributed by atoms with E-state index in [0.717, 1.165) is 32.4 Å². The molecule has 1 atom stereocenters. The van der Waals surface area contributed by atoms with Crippen molar-refractivity contribution in [2.45, 2.75) is 44.3 Å². The van der Waals surface area contributed by atoms with E-state index in [0.29, 0.717) is 12.2 Å². The SMILES string of the molecule is CC[C@H]1OC2(CCN(C)CC2)CC1=O. The molecule has 2 aliphatic heterocycles. The first-order chi connectivity index (χ1) is 6.65. The Bertz CT molecular complexity index is 231. The average Bonchev–Trinajstić information content (AvgIpc) is 2.49. The van der Waals surface area contributed by atoms with Crippen LogP contribution in [0.25, 0.3) is 0 Å². The van der Waals surface area contributed by atoms with E-state index in [9.17, 15) is 4.79 Å². The summed E-state index contributed by atoms with van der Waals surface area (Å²) < 4.78 is 5.92. The topological polar surface area (TPSA) is 29.5 Å². The summed E-state index contributed by atoms with van der Waals surface area (Å²) in [5.74, 6) is 0.317. The molecule has 1 spiro atoms. The third-order valence-corrected chi connectivity index (χ3v) is 3.52. The van der Waals surface area contributed by atoms with Gasteiger partial charge in [-0.05, 0) is 26.3 Å². The third kappa shape index (κ3) is 1.71. The molecular formula is C11H19NO2. The van der Waals surface area contributed by atoms with Crippen LogP contribution in [-0.4, -0.2) is 42.5 Å². The van der Waals surface area contributed by atoms with E-state index in [1.54, 1.807) is 0 Å². The summed E-state index contributed by atoms with van der Waals surface area (Å²) in [5, 5.41) is 0. The van der Waals surface area contributed by atoms with Crippen LogP contribution >= 0.6 is 0 Å². The molecule has 14 heavy (non-hydrogen) atoms. The number of hydrogen-bond donors (Lipinski definition) is 0. The summed E-state index contributed by atoms with van der Waals surface area (Å²) in [6.45, 7) is 4.14. The van der Waals surface area contributed by atoms with Crippen LogP contribution in [0.4, 0.5) is 0 Å². The number of carbonyl (C=O) groups excluding carboxylic acids is 1. The molecular weight excluding hydrogens is 178 g/mol. The Morgan fingerprint density at radius 2 is 2.14 bits per heavy atom. The molecule has 2 aliphatic rings. The molecule has 0 bridgehead atoms. The second kappa shape index (κ2) is 3.63. The normalized spacial score (nSPS) is 32.7. The molecule has 0 aromatic rings. The lowest BCUT2D eigenvalue weighted by Crippen LogP contribution is -2.42. The molecule has 2 saturated heterocycles. The molecule has 2 fully saturated rings. The van der Waals surface area contributed by atoms with Crippen LogP contribution in [0, 0.1) is 0 Å². The minimum absolute atomic E-state index is 0.0930. The molecule has 0 aromatic carbocycles. The fourth-order valence-electron chi connectivity index (χ4n) is 2.47. The van der Waals surface area contributed by atoms with Gasteiger partial charge in [0.2, 0.25) is 0 Å². The van der Waals surface area contributed by atoms with E-state index in [-0.39, 0.29) is 11.7 Å². The molecule has 0 aliphatic carbocycles. The second-order valence-corrected chi connectivity index (χ2v) is 4.64. The molecule has 0 saturated carbocycles.